The van der Waals surface area contributed by atoms with Crippen LogP contribution in [-0.4, -0.2) is 19.9 Å². The van der Waals surface area contributed by atoms with Gasteiger partial charge in [0.15, 0.2) is 17.5 Å². The molecule has 0 radical (unpaired) electrons. The van der Waals surface area contributed by atoms with Crippen LogP contribution in [0, 0.1) is 0 Å². The first-order valence-corrected chi connectivity index (χ1v) is 16.7. The summed E-state index contributed by atoms with van der Waals surface area (Å²) in [6, 6.07) is 57.7. The van der Waals surface area contributed by atoms with Crippen LogP contribution < -0.4 is 4.74 Å². The summed E-state index contributed by atoms with van der Waals surface area (Å²) in [6.07, 6.45) is 1.97. The van der Waals surface area contributed by atoms with Crippen LogP contribution in [0.1, 0.15) is 22.7 Å². The van der Waals surface area contributed by atoms with E-state index in [4.69, 9.17) is 24.7 Å². The molecular weight excluding hydrogens is 613 g/mol. The molecule has 5 nitrogen and oxygen atoms in total. The van der Waals surface area contributed by atoms with Crippen molar-refractivity contribution in [2.75, 3.05) is 0 Å². The van der Waals surface area contributed by atoms with Crippen LogP contribution in [0.25, 0.3) is 56.4 Å². The van der Waals surface area contributed by atoms with Crippen LogP contribution in [0.5, 0.6) is 11.5 Å². The number of hydrogen-bond acceptors (Lipinski definition) is 5. The summed E-state index contributed by atoms with van der Waals surface area (Å²) in [7, 11) is 0. The number of pyridine rings is 1. The summed E-state index contributed by atoms with van der Waals surface area (Å²) in [5.41, 5.74) is 9.91. The first kappa shape index (κ1) is 29.4. The third kappa shape index (κ3) is 5.51. The number of hydrogen-bond donors (Lipinski definition) is 0. The molecule has 0 atom stereocenters. The average Bonchev–Trinajstić information content (AvgIpc) is 3.20. The standard InChI is InChI=1S/C45H30N4O/c1-4-15-30(16-5-1)33-21-14-22-34(27-33)35-28-38(42(46-29-35)41-36-23-10-12-25-39(36)50-40-26-13-11-24-37(40)41)45-48-43(31-17-6-2-7-18-31)47-44(49-45)32-19-8-3-9-20-32/h1-29,41H. The molecule has 2 aromatic heterocycles. The number of nitrogens with zero attached hydrogens (tertiary/aromatic N) is 4. The highest BCUT2D eigenvalue weighted by Crippen LogP contribution is 2.49. The summed E-state index contributed by atoms with van der Waals surface area (Å²) in [5, 5.41) is 0. The molecule has 0 amide bonds. The van der Waals surface area contributed by atoms with Crippen molar-refractivity contribution < 1.29 is 4.74 Å². The van der Waals surface area contributed by atoms with Gasteiger partial charge in [-0.15, -0.1) is 0 Å². The quantitative estimate of drug-likeness (QED) is 0.181. The maximum Gasteiger partial charge on any atom is 0.165 e. The molecule has 0 fully saturated rings. The summed E-state index contributed by atoms with van der Waals surface area (Å²) < 4.78 is 6.41. The van der Waals surface area contributed by atoms with E-state index in [1.165, 1.54) is 0 Å². The first-order chi connectivity index (χ1) is 24.8. The minimum Gasteiger partial charge on any atom is -0.457 e. The van der Waals surface area contributed by atoms with Crippen molar-refractivity contribution in [3.8, 4) is 67.9 Å². The van der Waals surface area contributed by atoms with Crippen molar-refractivity contribution in [2.24, 2.45) is 0 Å². The number of para-hydroxylation sites is 2. The van der Waals surface area contributed by atoms with Gasteiger partial charge in [-0.2, -0.15) is 0 Å². The smallest absolute Gasteiger partial charge is 0.165 e. The molecule has 0 unspecified atom stereocenters. The van der Waals surface area contributed by atoms with Crippen molar-refractivity contribution in [3.05, 3.63) is 193 Å². The number of aromatic nitrogens is 4. The second kappa shape index (κ2) is 12.7. The van der Waals surface area contributed by atoms with Crippen LogP contribution in [0.3, 0.4) is 0 Å². The largest absolute Gasteiger partial charge is 0.457 e. The highest BCUT2D eigenvalue weighted by atomic mass is 16.5. The van der Waals surface area contributed by atoms with Gasteiger partial charge in [0, 0.05) is 39.6 Å². The van der Waals surface area contributed by atoms with Crippen LogP contribution in [0.4, 0.5) is 0 Å². The molecule has 236 valence electrons. The zero-order chi connectivity index (χ0) is 33.3. The van der Waals surface area contributed by atoms with Crippen LogP contribution in [-0.2, 0) is 0 Å². The molecule has 5 heteroatoms. The maximum absolute atomic E-state index is 6.41. The van der Waals surface area contributed by atoms with Crippen molar-refractivity contribution in [1.82, 2.24) is 19.9 Å². The summed E-state index contributed by atoms with van der Waals surface area (Å²) >= 11 is 0. The van der Waals surface area contributed by atoms with Crippen molar-refractivity contribution >= 4 is 0 Å². The molecule has 8 aromatic rings. The van der Waals surface area contributed by atoms with Gasteiger partial charge in [-0.25, -0.2) is 15.0 Å². The fraction of sp³-hybridized carbons (Fsp3) is 0.0222. The first-order valence-electron chi connectivity index (χ1n) is 16.7. The van der Waals surface area contributed by atoms with Gasteiger partial charge in [-0.1, -0.05) is 146 Å². The van der Waals surface area contributed by atoms with Crippen molar-refractivity contribution in [2.45, 2.75) is 5.92 Å². The third-order valence-corrected chi connectivity index (χ3v) is 9.12. The van der Waals surface area contributed by atoms with E-state index >= 15 is 0 Å². The average molecular weight is 643 g/mol. The van der Waals surface area contributed by atoms with E-state index in [-0.39, 0.29) is 5.92 Å². The lowest BCUT2D eigenvalue weighted by Crippen LogP contribution is -2.14. The monoisotopic (exact) mass is 642 g/mol. The summed E-state index contributed by atoms with van der Waals surface area (Å²) in [6.45, 7) is 0. The molecule has 1 aliphatic heterocycles. The van der Waals surface area contributed by atoms with Gasteiger partial charge in [0.25, 0.3) is 0 Å². The third-order valence-electron chi connectivity index (χ3n) is 9.12. The van der Waals surface area contributed by atoms with Crippen molar-refractivity contribution in [1.29, 1.82) is 0 Å². The Morgan fingerprint density at radius 3 is 1.42 bits per heavy atom. The number of ether oxygens (including phenoxy) is 1. The maximum atomic E-state index is 6.41. The van der Waals surface area contributed by atoms with E-state index in [9.17, 15) is 0 Å². The van der Waals surface area contributed by atoms with Gasteiger partial charge >= 0.3 is 0 Å². The number of rotatable bonds is 6. The molecule has 3 heterocycles. The molecule has 0 N–H and O–H groups in total. The predicted molar refractivity (Wildman–Crippen MR) is 199 cm³/mol. The van der Waals surface area contributed by atoms with Crippen LogP contribution in [0.15, 0.2) is 176 Å². The Kier molecular flexibility index (Phi) is 7.48. The Morgan fingerprint density at radius 2 is 0.840 bits per heavy atom. The van der Waals surface area contributed by atoms with Gasteiger partial charge in [0.05, 0.1) is 11.6 Å². The Morgan fingerprint density at radius 1 is 0.380 bits per heavy atom. The molecule has 50 heavy (non-hydrogen) atoms. The van der Waals surface area contributed by atoms with Gasteiger partial charge in [-0.05, 0) is 41.0 Å². The van der Waals surface area contributed by atoms with E-state index in [0.717, 1.165) is 67.3 Å². The lowest BCUT2D eigenvalue weighted by atomic mass is 9.83. The molecule has 0 aliphatic carbocycles. The molecule has 0 bridgehead atoms. The fourth-order valence-electron chi connectivity index (χ4n) is 6.68. The van der Waals surface area contributed by atoms with E-state index in [2.05, 4.69) is 78.9 Å². The SMILES string of the molecule is c1ccc(-c2cccc(-c3cnc(C4c5ccccc5Oc5ccccc54)c(-c4nc(-c5ccccc5)nc(-c5ccccc5)n4)c3)c2)cc1. The minimum absolute atomic E-state index is 0.215. The number of fused-ring (bicyclic) bond motifs is 2. The Bertz CT molecular complexity index is 2360. The number of benzene rings is 6. The minimum atomic E-state index is -0.215. The summed E-state index contributed by atoms with van der Waals surface area (Å²) in [5.74, 6) is 3.17. The summed E-state index contributed by atoms with van der Waals surface area (Å²) in [4.78, 5) is 20.6. The molecule has 0 saturated carbocycles. The van der Waals surface area contributed by atoms with Gasteiger partial charge in [0.1, 0.15) is 11.5 Å². The lowest BCUT2D eigenvalue weighted by molar-refractivity contribution is 0.452. The molecule has 6 aromatic carbocycles. The zero-order valence-electron chi connectivity index (χ0n) is 27.0. The second-order valence-corrected chi connectivity index (χ2v) is 12.3. The molecule has 1 aliphatic rings. The normalized spacial score (nSPS) is 12.1. The van der Waals surface area contributed by atoms with E-state index in [1.807, 2.05) is 97.2 Å². The van der Waals surface area contributed by atoms with E-state index < -0.39 is 0 Å². The Hall–Kier alpha value is -6.72. The van der Waals surface area contributed by atoms with Crippen LogP contribution in [0.2, 0.25) is 0 Å². The van der Waals surface area contributed by atoms with Gasteiger partial charge < -0.3 is 4.74 Å². The molecular formula is C45H30N4O. The highest BCUT2D eigenvalue weighted by Gasteiger charge is 2.32. The molecule has 9 rings (SSSR count). The fourth-order valence-corrected chi connectivity index (χ4v) is 6.68. The van der Waals surface area contributed by atoms with E-state index in [0.29, 0.717) is 17.5 Å². The van der Waals surface area contributed by atoms with Gasteiger partial charge in [-0.3, -0.25) is 4.98 Å². The lowest BCUT2D eigenvalue weighted by Gasteiger charge is -2.29. The Labute approximate surface area is 290 Å². The highest BCUT2D eigenvalue weighted by molar-refractivity contribution is 5.78. The Balaban J connectivity index is 1.30. The van der Waals surface area contributed by atoms with Crippen molar-refractivity contribution in [3.63, 3.8) is 0 Å². The van der Waals surface area contributed by atoms with Crippen LogP contribution >= 0.6 is 0 Å². The second-order valence-electron chi connectivity index (χ2n) is 12.3. The van der Waals surface area contributed by atoms with E-state index in [1.54, 1.807) is 0 Å². The van der Waals surface area contributed by atoms with Gasteiger partial charge in [0.2, 0.25) is 0 Å². The molecule has 0 saturated heterocycles. The molecule has 0 spiro atoms. The topological polar surface area (TPSA) is 60.8 Å². The predicted octanol–water partition coefficient (Wildman–Crippen LogP) is 10.9. The zero-order valence-corrected chi connectivity index (χ0v) is 27.0.